The van der Waals surface area contributed by atoms with E-state index < -0.39 is 10.8 Å². The molecule has 7 nitrogen and oxygen atoms in total. The predicted molar refractivity (Wildman–Crippen MR) is 97.2 cm³/mol. The Morgan fingerprint density at radius 2 is 1.88 bits per heavy atom. The second kappa shape index (κ2) is 6.95. The molecular formula is C19H19N3O4. The van der Waals surface area contributed by atoms with Gasteiger partial charge < -0.3 is 10.2 Å². The molecule has 2 amide bonds. The summed E-state index contributed by atoms with van der Waals surface area (Å²) in [6.45, 7) is 3.90. The average Bonchev–Trinajstić information content (AvgIpc) is 2.95. The molecule has 0 spiro atoms. The number of hydrogen-bond donors (Lipinski definition) is 1. The third-order valence-electron chi connectivity index (χ3n) is 4.55. The highest BCUT2D eigenvalue weighted by atomic mass is 16.6. The maximum Gasteiger partial charge on any atom is 0.273 e. The van der Waals surface area contributed by atoms with Gasteiger partial charge in [0.2, 0.25) is 5.91 Å². The highest BCUT2D eigenvalue weighted by molar-refractivity contribution is 6.00. The van der Waals surface area contributed by atoms with Crippen LogP contribution in [-0.2, 0) is 4.79 Å². The minimum absolute atomic E-state index is 0.0603. The number of hydrogen-bond acceptors (Lipinski definition) is 4. The first-order valence-corrected chi connectivity index (χ1v) is 8.28. The summed E-state index contributed by atoms with van der Waals surface area (Å²) in [6, 6.07) is 11.7. The number of nitrogens with zero attached hydrogens (tertiary/aromatic N) is 2. The van der Waals surface area contributed by atoms with Crippen LogP contribution in [0.1, 0.15) is 27.9 Å². The molecule has 1 heterocycles. The smallest absolute Gasteiger partial charge is 0.273 e. The monoisotopic (exact) mass is 353 g/mol. The van der Waals surface area contributed by atoms with Crippen molar-refractivity contribution in [2.45, 2.75) is 26.3 Å². The van der Waals surface area contributed by atoms with Crippen molar-refractivity contribution >= 4 is 23.2 Å². The summed E-state index contributed by atoms with van der Waals surface area (Å²) in [5.41, 5.74) is 2.37. The third-order valence-corrected chi connectivity index (χ3v) is 4.55. The van der Waals surface area contributed by atoms with E-state index in [-0.39, 0.29) is 29.6 Å². The number of aryl methyl sites for hydroxylation is 1. The molecule has 1 unspecified atom stereocenters. The van der Waals surface area contributed by atoms with Crippen LogP contribution in [0.3, 0.4) is 0 Å². The van der Waals surface area contributed by atoms with E-state index in [0.29, 0.717) is 12.1 Å². The van der Waals surface area contributed by atoms with Crippen LogP contribution in [0.2, 0.25) is 0 Å². The Hall–Kier alpha value is -3.22. The first kappa shape index (κ1) is 17.6. The number of amides is 2. The van der Waals surface area contributed by atoms with Crippen molar-refractivity contribution in [2.75, 3.05) is 11.4 Å². The molecule has 26 heavy (non-hydrogen) atoms. The number of nitrogens with one attached hydrogen (secondary N) is 1. The molecular weight excluding hydrogens is 334 g/mol. The standard InChI is InChI=1S/C19H19N3O4/c1-12-6-8-15(9-7-12)21-11-14(10-18(21)23)20-19(24)16-4-3-5-17(13(16)2)22(25)26/h3-9,14H,10-11H2,1-2H3,(H,20,24). The summed E-state index contributed by atoms with van der Waals surface area (Å²) >= 11 is 0. The number of anilines is 1. The van der Waals surface area contributed by atoms with Crippen LogP contribution >= 0.6 is 0 Å². The van der Waals surface area contributed by atoms with Gasteiger partial charge in [-0.3, -0.25) is 19.7 Å². The fourth-order valence-electron chi connectivity index (χ4n) is 3.11. The Balaban J connectivity index is 1.73. The van der Waals surface area contributed by atoms with E-state index in [4.69, 9.17) is 0 Å². The molecule has 0 saturated carbocycles. The molecule has 1 N–H and O–H groups in total. The van der Waals surface area contributed by atoms with E-state index in [9.17, 15) is 19.7 Å². The molecule has 0 bridgehead atoms. The molecule has 1 atom stereocenters. The molecule has 0 radical (unpaired) electrons. The largest absolute Gasteiger partial charge is 0.347 e. The minimum Gasteiger partial charge on any atom is -0.347 e. The Bertz CT molecular complexity index is 877. The number of rotatable bonds is 4. The van der Waals surface area contributed by atoms with Gasteiger partial charge in [0.25, 0.3) is 11.6 Å². The lowest BCUT2D eigenvalue weighted by Gasteiger charge is -2.17. The lowest BCUT2D eigenvalue weighted by Crippen LogP contribution is -2.37. The minimum atomic E-state index is -0.510. The van der Waals surface area contributed by atoms with Crippen molar-refractivity contribution < 1.29 is 14.5 Å². The van der Waals surface area contributed by atoms with E-state index in [1.165, 1.54) is 12.1 Å². The molecule has 1 aliphatic heterocycles. The zero-order valence-electron chi connectivity index (χ0n) is 14.6. The second-order valence-electron chi connectivity index (χ2n) is 6.42. The summed E-state index contributed by atoms with van der Waals surface area (Å²) in [5.74, 6) is -0.468. The van der Waals surface area contributed by atoms with Gasteiger partial charge in [-0.05, 0) is 32.0 Å². The second-order valence-corrected chi connectivity index (χ2v) is 6.42. The highest BCUT2D eigenvalue weighted by Gasteiger charge is 2.32. The van der Waals surface area contributed by atoms with Gasteiger partial charge in [0.15, 0.2) is 0 Å². The topological polar surface area (TPSA) is 92.6 Å². The van der Waals surface area contributed by atoms with Gasteiger partial charge in [0.1, 0.15) is 0 Å². The predicted octanol–water partition coefficient (Wildman–Crippen LogP) is 2.75. The van der Waals surface area contributed by atoms with Gasteiger partial charge in [-0.25, -0.2) is 0 Å². The fraction of sp³-hybridized carbons (Fsp3) is 0.263. The zero-order chi connectivity index (χ0) is 18.8. The lowest BCUT2D eigenvalue weighted by molar-refractivity contribution is -0.385. The van der Waals surface area contributed by atoms with Gasteiger partial charge in [-0.1, -0.05) is 23.8 Å². The van der Waals surface area contributed by atoms with Crippen LogP contribution in [-0.4, -0.2) is 29.3 Å². The highest BCUT2D eigenvalue weighted by Crippen LogP contribution is 2.24. The zero-order valence-corrected chi connectivity index (χ0v) is 14.6. The van der Waals surface area contributed by atoms with E-state index >= 15 is 0 Å². The summed E-state index contributed by atoms with van der Waals surface area (Å²) in [6.07, 6.45) is 0.202. The van der Waals surface area contributed by atoms with Gasteiger partial charge in [-0.15, -0.1) is 0 Å². The fourth-order valence-corrected chi connectivity index (χ4v) is 3.11. The summed E-state index contributed by atoms with van der Waals surface area (Å²) in [4.78, 5) is 37.0. The molecule has 1 aliphatic rings. The van der Waals surface area contributed by atoms with Gasteiger partial charge in [-0.2, -0.15) is 0 Å². The molecule has 2 aromatic carbocycles. The van der Waals surface area contributed by atoms with Crippen LogP contribution in [0, 0.1) is 24.0 Å². The average molecular weight is 353 g/mol. The maximum absolute atomic E-state index is 12.5. The van der Waals surface area contributed by atoms with Gasteiger partial charge in [0.05, 0.1) is 11.0 Å². The van der Waals surface area contributed by atoms with Crippen molar-refractivity contribution in [1.29, 1.82) is 0 Å². The number of carbonyl (C=O) groups excluding carboxylic acids is 2. The molecule has 1 saturated heterocycles. The lowest BCUT2D eigenvalue weighted by atomic mass is 10.1. The van der Waals surface area contributed by atoms with Crippen molar-refractivity contribution in [3.63, 3.8) is 0 Å². The SMILES string of the molecule is Cc1ccc(N2CC(NC(=O)c3cccc([N+](=O)[O-])c3C)CC2=O)cc1. The van der Waals surface area contributed by atoms with E-state index in [2.05, 4.69) is 5.32 Å². The number of carbonyl (C=O) groups is 2. The van der Waals surface area contributed by atoms with Crippen LogP contribution in [0.4, 0.5) is 11.4 Å². The van der Waals surface area contributed by atoms with E-state index in [0.717, 1.165) is 11.3 Å². The molecule has 7 heteroatoms. The maximum atomic E-state index is 12.5. The number of nitro benzene ring substituents is 1. The first-order chi connectivity index (χ1) is 12.4. The molecule has 134 valence electrons. The molecule has 0 aliphatic carbocycles. The Morgan fingerprint density at radius 1 is 1.19 bits per heavy atom. The van der Waals surface area contributed by atoms with Crippen molar-refractivity contribution in [2.24, 2.45) is 0 Å². The Labute approximate surface area is 150 Å². The van der Waals surface area contributed by atoms with E-state index in [1.807, 2.05) is 31.2 Å². The molecule has 1 fully saturated rings. The van der Waals surface area contributed by atoms with Crippen LogP contribution in [0.15, 0.2) is 42.5 Å². The van der Waals surface area contributed by atoms with Gasteiger partial charge >= 0.3 is 0 Å². The van der Waals surface area contributed by atoms with Crippen molar-refractivity contribution in [3.8, 4) is 0 Å². The molecule has 2 aromatic rings. The summed E-state index contributed by atoms with van der Waals surface area (Å²) < 4.78 is 0. The van der Waals surface area contributed by atoms with Crippen LogP contribution in [0.5, 0.6) is 0 Å². The van der Waals surface area contributed by atoms with Crippen LogP contribution < -0.4 is 10.2 Å². The van der Waals surface area contributed by atoms with Crippen molar-refractivity contribution in [1.82, 2.24) is 5.32 Å². The quantitative estimate of drug-likeness (QED) is 0.676. The number of benzene rings is 2. The molecule has 3 rings (SSSR count). The first-order valence-electron chi connectivity index (χ1n) is 8.28. The van der Waals surface area contributed by atoms with Crippen molar-refractivity contribution in [3.05, 3.63) is 69.3 Å². The Kier molecular flexibility index (Phi) is 4.71. The summed E-state index contributed by atoms with van der Waals surface area (Å²) in [7, 11) is 0. The summed E-state index contributed by atoms with van der Waals surface area (Å²) in [5, 5.41) is 13.9. The van der Waals surface area contributed by atoms with Crippen LogP contribution in [0.25, 0.3) is 0 Å². The van der Waals surface area contributed by atoms with E-state index in [1.54, 1.807) is 17.9 Å². The van der Waals surface area contributed by atoms with Gasteiger partial charge in [0, 0.05) is 35.8 Å². The third kappa shape index (κ3) is 3.42. The normalized spacial score (nSPS) is 16.6. The molecule has 0 aromatic heterocycles. The Morgan fingerprint density at radius 3 is 2.54 bits per heavy atom. The number of nitro groups is 1.